The number of piperidine rings is 1. The smallest absolute Gasteiger partial charge is 0.301 e. The van der Waals surface area contributed by atoms with Crippen molar-refractivity contribution >= 4 is 15.9 Å². The van der Waals surface area contributed by atoms with Gasteiger partial charge in [-0.25, -0.2) is 0 Å². The van der Waals surface area contributed by atoms with Gasteiger partial charge in [-0.2, -0.15) is 12.7 Å². The summed E-state index contributed by atoms with van der Waals surface area (Å²) in [4.78, 5) is 4.06. The number of benzene rings is 2. The van der Waals surface area contributed by atoms with Crippen LogP contribution in [0.2, 0.25) is 0 Å². The number of hydrogen-bond acceptors (Lipinski definition) is 5. The van der Waals surface area contributed by atoms with Crippen LogP contribution in [0, 0.1) is 0 Å². The molecule has 2 aromatic carbocycles. The van der Waals surface area contributed by atoms with E-state index in [1.807, 2.05) is 54.6 Å². The zero-order valence-electron chi connectivity index (χ0n) is 21.0. The van der Waals surface area contributed by atoms with E-state index in [1.54, 1.807) is 16.7 Å². The van der Waals surface area contributed by atoms with E-state index >= 15 is 0 Å². The van der Waals surface area contributed by atoms with Crippen LogP contribution in [0.15, 0.2) is 79.1 Å². The molecule has 3 N–H and O–H groups in total. The van der Waals surface area contributed by atoms with Gasteiger partial charge in [-0.3, -0.25) is 9.71 Å². The summed E-state index contributed by atoms with van der Waals surface area (Å²) in [5.74, 6) is 0.402. The molecule has 1 saturated heterocycles. The fraction of sp³-hybridized carbons (Fsp3) is 0.393. The highest BCUT2D eigenvalue weighted by Gasteiger charge is 2.28. The highest BCUT2D eigenvalue weighted by atomic mass is 32.2. The number of aliphatic hydroxyl groups is 1. The van der Waals surface area contributed by atoms with Crippen LogP contribution in [0.1, 0.15) is 55.4 Å². The Morgan fingerprint density at radius 3 is 2.36 bits per heavy atom. The molecule has 0 amide bonds. The SMILES string of the molecule is CC(C)(Cc1ccc(NS(=O)(=O)N2CCC(c3ccccc3)CC2)cc1)NC[C@H](O)c1cccnc1. The molecule has 0 unspecified atom stereocenters. The molecule has 0 saturated carbocycles. The van der Waals surface area contributed by atoms with Crippen molar-refractivity contribution in [1.82, 2.24) is 14.6 Å². The maximum Gasteiger partial charge on any atom is 0.301 e. The molecule has 1 atom stereocenters. The summed E-state index contributed by atoms with van der Waals surface area (Å²) >= 11 is 0. The van der Waals surface area contributed by atoms with E-state index in [9.17, 15) is 13.5 Å². The fourth-order valence-electron chi connectivity index (χ4n) is 4.70. The van der Waals surface area contributed by atoms with Crippen LogP contribution in [0.25, 0.3) is 0 Å². The van der Waals surface area contributed by atoms with Crippen LogP contribution >= 0.6 is 0 Å². The number of nitrogens with one attached hydrogen (secondary N) is 2. The molecule has 2 heterocycles. The summed E-state index contributed by atoms with van der Waals surface area (Å²) in [6.07, 6.45) is 5.10. The van der Waals surface area contributed by atoms with Gasteiger partial charge in [0.25, 0.3) is 0 Å². The van der Waals surface area contributed by atoms with Crippen LogP contribution in [0.3, 0.4) is 0 Å². The molecule has 4 rings (SSSR count). The number of aromatic nitrogens is 1. The maximum atomic E-state index is 13.0. The zero-order valence-corrected chi connectivity index (χ0v) is 21.8. The molecule has 1 aliphatic heterocycles. The fourth-order valence-corrected chi connectivity index (χ4v) is 5.95. The average molecular weight is 509 g/mol. The molecule has 0 spiro atoms. The Morgan fingerprint density at radius 1 is 1.03 bits per heavy atom. The van der Waals surface area contributed by atoms with E-state index in [0.717, 1.165) is 30.4 Å². The standard InChI is InChI=1S/C28H36N4O3S/c1-28(2,30-21-27(33)25-9-6-16-29-20-25)19-22-10-12-26(13-11-22)31-36(34,35)32-17-14-24(15-18-32)23-7-4-3-5-8-23/h3-13,16,20,24,27,30-31,33H,14-15,17-19,21H2,1-2H3/t27-/m0/s1. The Hall–Kier alpha value is -2.78. The van der Waals surface area contributed by atoms with Crippen LogP contribution in [0.4, 0.5) is 5.69 Å². The summed E-state index contributed by atoms with van der Waals surface area (Å²) in [7, 11) is -3.60. The van der Waals surface area contributed by atoms with Crippen molar-refractivity contribution in [1.29, 1.82) is 0 Å². The van der Waals surface area contributed by atoms with E-state index in [1.165, 1.54) is 5.56 Å². The van der Waals surface area contributed by atoms with Crippen LogP contribution in [0.5, 0.6) is 0 Å². The number of anilines is 1. The van der Waals surface area contributed by atoms with Crippen molar-refractivity contribution < 1.29 is 13.5 Å². The van der Waals surface area contributed by atoms with Gasteiger partial charge in [0.2, 0.25) is 0 Å². The molecule has 1 fully saturated rings. The maximum absolute atomic E-state index is 13.0. The number of β-amino-alcohol motifs (C(OH)–C–C–N with tert-alkyl or cyclic N) is 1. The van der Waals surface area contributed by atoms with Crippen molar-refractivity contribution in [3.05, 3.63) is 95.8 Å². The second kappa shape index (κ2) is 11.5. The lowest BCUT2D eigenvalue weighted by atomic mass is 9.90. The average Bonchev–Trinajstić information content (AvgIpc) is 2.89. The second-order valence-corrected chi connectivity index (χ2v) is 11.8. The lowest BCUT2D eigenvalue weighted by molar-refractivity contribution is 0.160. The third-order valence-corrected chi connectivity index (χ3v) is 8.29. The van der Waals surface area contributed by atoms with Crippen molar-refractivity contribution in [2.45, 2.75) is 50.7 Å². The van der Waals surface area contributed by atoms with Gasteiger partial charge in [-0.05, 0) is 68.4 Å². The third-order valence-electron chi connectivity index (χ3n) is 6.75. The van der Waals surface area contributed by atoms with E-state index in [0.29, 0.717) is 31.2 Å². The molecule has 0 bridgehead atoms. The van der Waals surface area contributed by atoms with Gasteiger partial charge in [-0.1, -0.05) is 48.5 Å². The van der Waals surface area contributed by atoms with Gasteiger partial charge >= 0.3 is 10.2 Å². The number of hydrogen-bond donors (Lipinski definition) is 3. The number of aliphatic hydroxyl groups excluding tert-OH is 1. The first-order valence-corrected chi connectivity index (χ1v) is 13.9. The zero-order chi connectivity index (χ0) is 25.6. The normalized spacial score (nSPS) is 16.5. The summed E-state index contributed by atoms with van der Waals surface area (Å²) in [6.45, 7) is 5.60. The lowest BCUT2D eigenvalue weighted by Crippen LogP contribution is -2.43. The molecule has 0 radical (unpaired) electrons. The summed E-state index contributed by atoms with van der Waals surface area (Å²) in [6, 6.07) is 21.5. The third kappa shape index (κ3) is 7.13. The van der Waals surface area contributed by atoms with E-state index in [-0.39, 0.29) is 5.54 Å². The molecule has 36 heavy (non-hydrogen) atoms. The van der Waals surface area contributed by atoms with Crippen LogP contribution in [-0.2, 0) is 16.6 Å². The Bertz CT molecular complexity index is 1190. The quantitative estimate of drug-likeness (QED) is 0.380. The van der Waals surface area contributed by atoms with Gasteiger partial charge in [-0.15, -0.1) is 0 Å². The summed E-state index contributed by atoms with van der Waals surface area (Å²) in [5, 5.41) is 13.8. The Balaban J connectivity index is 1.28. The minimum Gasteiger partial charge on any atom is -0.387 e. The van der Waals surface area contributed by atoms with Crippen molar-refractivity contribution in [3.63, 3.8) is 0 Å². The number of nitrogens with zero attached hydrogens (tertiary/aromatic N) is 2. The molecule has 3 aromatic rings. The Kier molecular flexibility index (Phi) is 8.41. The van der Waals surface area contributed by atoms with Crippen molar-refractivity contribution in [2.75, 3.05) is 24.4 Å². The first kappa shape index (κ1) is 26.3. The van der Waals surface area contributed by atoms with Crippen molar-refractivity contribution in [2.24, 2.45) is 0 Å². The van der Waals surface area contributed by atoms with Crippen LogP contribution < -0.4 is 10.0 Å². The lowest BCUT2D eigenvalue weighted by Gasteiger charge is -2.31. The number of rotatable bonds is 10. The van der Waals surface area contributed by atoms with Gasteiger partial charge < -0.3 is 10.4 Å². The summed E-state index contributed by atoms with van der Waals surface area (Å²) < 4.78 is 30.2. The Morgan fingerprint density at radius 2 is 1.72 bits per heavy atom. The molecule has 1 aromatic heterocycles. The molecular formula is C28H36N4O3S. The topological polar surface area (TPSA) is 94.6 Å². The predicted molar refractivity (Wildman–Crippen MR) is 144 cm³/mol. The molecule has 0 aliphatic carbocycles. The van der Waals surface area contributed by atoms with E-state index < -0.39 is 16.3 Å². The molecule has 7 nitrogen and oxygen atoms in total. The Labute approximate surface area is 214 Å². The minimum atomic E-state index is -3.60. The molecule has 8 heteroatoms. The molecule has 1 aliphatic rings. The van der Waals surface area contributed by atoms with Gasteiger partial charge in [0.05, 0.1) is 6.10 Å². The van der Waals surface area contributed by atoms with Gasteiger partial charge in [0, 0.05) is 48.8 Å². The summed E-state index contributed by atoms with van der Waals surface area (Å²) in [5.41, 5.74) is 3.44. The largest absolute Gasteiger partial charge is 0.387 e. The predicted octanol–water partition coefficient (Wildman–Crippen LogP) is 4.26. The minimum absolute atomic E-state index is 0.257. The highest BCUT2D eigenvalue weighted by molar-refractivity contribution is 7.90. The molecular weight excluding hydrogens is 472 g/mol. The highest BCUT2D eigenvalue weighted by Crippen LogP contribution is 2.29. The second-order valence-electron chi connectivity index (χ2n) is 10.1. The first-order valence-electron chi connectivity index (χ1n) is 12.5. The van der Waals surface area contributed by atoms with Gasteiger partial charge in [0.1, 0.15) is 0 Å². The van der Waals surface area contributed by atoms with Crippen LogP contribution in [-0.4, -0.2) is 48.0 Å². The number of pyridine rings is 1. The molecule has 192 valence electrons. The first-order chi connectivity index (χ1) is 17.2. The van der Waals surface area contributed by atoms with Gasteiger partial charge in [0.15, 0.2) is 0 Å². The van der Waals surface area contributed by atoms with E-state index in [4.69, 9.17) is 0 Å². The van der Waals surface area contributed by atoms with Crippen molar-refractivity contribution in [3.8, 4) is 0 Å². The van der Waals surface area contributed by atoms with E-state index in [2.05, 4.69) is 41.0 Å². The monoisotopic (exact) mass is 508 g/mol.